The van der Waals surface area contributed by atoms with E-state index in [9.17, 15) is 14.7 Å². The van der Waals surface area contributed by atoms with E-state index in [1.807, 2.05) is 73.7 Å². The van der Waals surface area contributed by atoms with Crippen LogP contribution >= 0.6 is 15.9 Å². The molecule has 1 aliphatic carbocycles. The highest BCUT2D eigenvalue weighted by Crippen LogP contribution is 2.56. The third-order valence-corrected chi connectivity index (χ3v) is 12.9. The van der Waals surface area contributed by atoms with Gasteiger partial charge in [0.05, 0.1) is 18.3 Å². The standard InChI is InChI=1S/C39H50BrNO5.C6H6/c1-23-8-6-9-35-39(17-7-19-41(35)37(43)28-10-12-29(40)13-11-28)18-16-31(34-22-26(4)38(44)46-34)27(5)32(39)21-24(2)33(42)15-14-30-20-25(3)36(23)45-30;1-2-4-6-5-3-1/h8,10-13,21-22,25,30,32-36,42H,6-7,9,14-20H2,1-5H3;1-6H/b23-8+,24-21+;/t25-,30-,32+,33+,34+,35+,36+,39+;/m1./s1. The average molecular weight is 771 g/mol. The summed E-state index contributed by atoms with van der Waals surface area (Å²) in [5.41, 5.74) is 5.80. The normalized spacial score (nSPS) is 34.4. The van der Waals surface area contributed by atoms with Crippen LogP contribution in [0, 0.1) is 17.3 Å². The maximum atomic E-state index is 14.4. The van der Waals surface area contributed by atoms with E-state index in [2.05, 4.69) is 60.7 Å². The van der Waals surface area contributed by atoms with Crippen molar-refractivity contribution in [1.82, 2.24) is 4.90 Å². The molecular formula is C45H56BrNO5. The number of esters is 1. The lowest BCUT2D eigenvalue weighted by atomic mass is 9.55. The number of halogens is 1. The summed E-state index contributed by atoms with van der Waals surface area (Å²) in [6.45, 7) is 11.3. The Bertz CT molecular complexity index is 1680. The maximum absolute atomic E-state index is 14.4. The Morgan fingerprint density at radius 3 is 2.27 bits per heavy atom. The van der Waals surface area contributed by atoms with Crippen LogP contribution in [-0.4, -0.2) is 58.9 Å². The third-order valence-electron chi connectivity index (χ3n) is 12.4. The van der Waals surface area contributed by atoms with Crippen LogP contribution in [0.15, 0.2) is 111 Å². The van der Waals surface area contributed by atoms with E-state index in [1.165, 1.54) is 16.7 Å². The fourth-order valence-electron chi connectivity index (χ4n) is 9.62. The second kappa shape index (κ2) is 16.8. The molecule has 2 aromatic carbocycles. The van der Waals surface area contributed by atoms with Crippen LogP contribution in [0.25, 0.3) is 0 Å². The molecule has 1 N–H and O–H groups in total. The van der Waals surface area contributed by atoms with Crippen LogP contribution in [0.4, 0.5) is 0 Å². The number of aliphatic hydroxyl groups excluding tert-OH is 1. The molecule has 1 amide bonds. The van der Waals surface area contributed by atoms with Gasteiger partial charge in [-0.25, -0.2) is 4.79 Å². The van der Waals surface area contributed by atoms with Gasteiger partial charge in [0.1, 0.15) is 6.10 Å². The molecule has 2 fully saturated rings. The van der Waals surface area contributed by atoms with Gasteiger partial charge in [-0.05, 0) is 138 Å². The zero-order valence-electron chi connectivity index (χ0n) is 31.5. The number of nitrogens with zero attached hydrogens (tertiary/aromatic N) is 1. The number of carbonyl (C=O) groups excluding carboxylic acids is 2. The monoisotopic (exact) mass is 769 g/mol. The lowest BCUT2D eigenvalue weighted by Gasteiger charge is -2.56. The van der Waals surface area contributed by atoms with Crippen molar-refractivity contribution in [3.8, 4) is 0 Å². The number of hydrogen-bond donors (Lipinski definition) is 1. The Labute approximate surface area is 319 Å². The van der Waals surface area contributed by atoms with E-state index in [1.54, 1.807) is 0 Å². The molecule has 0 aromatic heterocycles. The number of rotatable bonds is 2. The number of hydrogen-bond acceptors (Lipinski definition) is 5. The summed E-state index contributed by atoms with van der Waals surface area (Å²) >= 11 is 3.53. The molecule has 7 heteroatoms. The van der Waals surface area contributed by atoms with Crippen molar-refractivity contribution in [3.63, 3.8) is 0 Å². The zero-order chi connectivity index (χ0) is 37.0. The number of aliphatic hydroxyl groups is 1. The fourth-order valence-corrected chi connectivity index (χ4v) is 9.89. The first-order chi connectivity index (χ1) is 25.0. The second-order valence-corrected chi connectivity index (χ2v) is 16.7. The molecule has 278 valence electrons. The van der Waals surface area contributed by atoms with Gasteiger partial charge in [0.2, 0.25) is 0 Å². The number of fused-ring (bicyclic) bond motifs is 2. The fraction of sp³-hybridized carbons (Fsp3) is 0.511. The minimum absolute atomic E-state index is 0.00680. The Kier molecular flexibility index (Phi) is 12.4. The Hall–Kier alpha value is -3.26. The van der Waals surface area contributed by atoms with Crippen LogP contribution in [0.1, 0.15) is 103 Å². The van der Waals surface area contributed by atoms with Gasteiger partial charge in [0.15, 0.2) is 0 Å². The summed E-state index contributed by atoms with van der Waals surface area (Å²) in [6, 6.07) is 19.7. The Morgan fingerprint density at radius 1 is 0.923 bits per heavy atom. The van der Waals surface area contributed by atoms with Gasteiger partial charge < -0.3 is 19.5 Å². The molecule has 1 spiro atoms. The molecule has 2 saturated heterocycles. The first kappa shape index (κ1) is 38.5. The molecule has 2 aromatic rings. The molecule has 6 nitrogen and oxygen atoms in total. The lowest BCUT2D eigenvalue weighted by Crippen LogP contribution is -2.58. The highest BCUT2D eigenvalue weighted by molar-refractivity contribution is 9.10. The van der Waals surface area contributed by atoms with Crippen molar-refractivity contribution in [1.29, 1.82) is 0 Å². The summed E-state index contributed by atoms with van der Waals surface area (Å²) in [5, 5.41) is 11.5. The van der Waals surface area contributed by atoms with Crippen molar-refractivity contribution < 1.29 is 24.2 Å². The number of likely N-dealkylation sites (tertiary alicyclic amines) is 1. The molecule has 0 saturated carbocycles. The van der Waals surface area contributed by atoms with Crippen molar-refractivity contribution >= 4 is 27.8 Å². The molecule has 0 unspecified atom stereocenters. The number of amides is 1. The van der Waals surface area contributed by atoms with E-state index in [-0.39, 0.29) is 47.6 Å². The SMILES string of the molecule is CC1=C[C@@H](C2=C(C)[C@@H]3/C=C(\C)[C@@H](O)CC[C@@H]4C[C@@H](C)[C@@H](O4)/C(C)=C/CC[C@@H]4N(C(=O)c5ccc(Br)cc5)CCC[C@@]43CC2)OC1=O.c1ccccc1. The summed E-state index contributed by atoms with van der Waals surface area (Å²) in [4.78, 5) is 29.0. The van der Waals surface area contributed by atoms with E-state index >= 15 is 0 Å². The third kappa shape index (κ3) is 8.27. The van der Waals surface area contributed by atoms with Crippen LogP contribution in [0.2, 0.25) is 0 Å². The number of carbonyl (C=O) groups is 2. The van der Waals surface area contributed by atoms with Gasteiger partial charge in [-0.15, -0.1) is 0 Å². The largest absolute Gasteiger partial charge is 0.450 e. The predicted octanol–water partition coefficient (Wildman–Crippen LogP) is 9.95. The molecule has 2 bridgehead atoms. The average Bonchev–Trinajstić information content (AvgIpc) is 3.69. The van der Waals surface area contributed by atoms with E-state index < -0.39 is 6.10 Å². The summed E-state index contributed by atoms with van der Waals surface area (Å²) in [6.07, 6.45) is 13.8. The molecule has 52 heavy (non-hydrogen) atoms. The van der Waals surface area contributed by atoms with Gasteiger partial charge in [-0.3, -0.25) is 4.79 Å². The number of allylic oxidation sites excluding steroid dienone is 3. The first-order valence-corrected chi connectivity index (χ1v) is 20.1. The maximum Gasteiger partial charge on any atom is 0.334 e. The molecule has 0 radical (unpaired) electrons. The van der Waals surface area contributed by atoms with Crippen molar-refractivity contribution in [3.05, 3.63) is 117 Å². The Balaban J connectivity index is 0.000000703. The van der Waals surface area contributed by atoms with Crippen molar-refractivity contribution in [2.75, 3.05) is 6.54 Å². The number of piperidine rings is 1. The van der Waals surface area contributed by atoms with Crippen molar-refractivity contribution in [2.24, 2.45) is 17.3 Å². The van der Waals surface area contributed by atoms with Gasteiger partial charge in [0, 0.05) is 39.5 Å². The summed E-state index contributed by atoms with van der Waals surface area (Å²) < 4.78 is 13.4. The van der Waals surface area contributed by atoms with Gasteiger partial charge in [0.25, 0.3) is 5.91 Å². The molecule has 7 rings (SSSR count). The number of benzene rings is 2. The van der Waals surface area contributed by atoms with E-state index in [4.69, 9.17) is 9.47 Å². The van der Waals surface area contributed by atoms with Crippen LogP contribution in [0.5, 0.6) is 0 Å². The Morgan fingerprint density at radius 2 is 1.62 bits per heavy atom. The number of ether oxygens (including phenoxy) is 2. The first-order valence-electron chi connectivity index (χ1n) is 19.3. The molecule has 4 heterocycles. The smallest absolute Gasteiger partial charge is 0.334 e. The second-order valence-electron chi connectivity index (χ2n) is 15.8. The minimum atomic E-state index is -0.566. The molecule has 5 aliphatic rings. The molecular weight excluding hydrogens is 714 g/mol. The highest BCUT2D eigenvalue weighted by Gasteiger charge is 2.53. The van der Waals surface area contributed by atoms with Gasteiger partial charge in [-0.2, -0.15) is 0 Å². The van der Waals surface area contributed by atoms with Crippen LogP contribution < -0.4 is 0 Å². The summed E-state index contributed by atoms with van der Waals surface area (Å²) in [7, 11) is 0. The molecule has 4 aliphatic heterocycles. The minimum Gasteiger partial charge on any atom is -0.450 e. The lowest BCUT2D eigenvalue weighted by molar-refractivity contribution is -0.138. The zero-order valence-corrected chi connectivity index (χ0v) is 33.1. The topological polar surface area (TPSA) is 76.1 Å². The van der Waals surface area contributed by atoms with E-state index in [0.717, 1.165) is 68.0 Å². The van der Waals surface area contributed by atoms with Crippen LogP contribution in [0.3, 0.4) is 0 Å². The summed E-state index contributed by atoms with van der Waals surface area (Å²) in [5.74, 6) is 0.286. The predicted molar refractivity (Wildman–Crippen MR) is 211 cm³/mol. The number of cyclic esters (lactones) is 1. The van der Waals surface area contributed by atoms with Gasteiger partial charge in [-0.1, -0.05) is 77.0 Å². The highest BCUT2D eigenvalue weighted by atomic mass is 79.9. The van der Waals surface area contributed by atoms with Crippen molar-refractivity contribution in [2.45, 2.75) is 123 Å². The quantitative estimate of drug-likeness (QED) is 0.243. The van der Waals surface area contributed by atoms with E-state index in [0.29, 0.717) is 23.5 Å². The van der Waals surface area contributed by atoms with Gasteiger partial charge >= 0.3 is 5.97 Å². The molecule has 8 atom stereocenters. The van der Waals surface area contributed by atoms with Crippen LogP contribution in [-0.2, 0) is 14.3 Å².